The van der Waals surface area contributed by atoms with Gasteiger partial charge in [0.05, 0.1) is 11.2 Å². The van der Waals surface area contributed by atoms with Gasteiger partial charge in [-0.2, -0.15) is 0 Å². The summed E-state index contributed by atoms with van der Waals surface area (Å²) in [6.45, 7) is 2.47. The SMILES string of the molecule is NC1CCC(Nc2cc(-c3nc(NCC4CCOCC4)cnc3Cl)c(Cl)cn2)CC1. The summed E-state index contributed by atoms with van der Waals surface area (Å²) in [6, 6.07) is 2.57. The fourth-order valence-electron chi connectivity index (χ4n) is 4.00. The van der Waals surface area contributed by atoms with E-state index in [1.54, 1.807) is 12.4 Å². The maximum absolute atomic E-state index is 6.45. The minimum Gasteiger partial charge on any atom is -0.381 e. The average molecular weight is 451 g/mol. The smallest absolute Gasteiger partial charge is 0.155 e. The number of anilines is 2. The van der Waals surface area contributed by atoms with E-state index in [0.29, 0.717) is 45.3 Å². The molecule has 0 amide bonds. The maximum Gasteiger partial charge on any atom is 0.155 e. The molecule has 162 valence electrons. The van der Waals surface area contributed by atoms with Crippen LogP contribution in [0.5, 0.6) is 0 Å². The van der Waals surface area contributed by atoms with Gasteiger partial charge in [-0.1, -0.05) is 23.2 Å². The van der Waals surface area contributed by atoms with Crippen LogP contribution >= 0.6 is 23.2 Å². The van der Waals surface area contributed by atoms with Crippen LogP contribution in [0.2, 0.25) is 10.2 Å². The molecule has 1 saturated heterocycles. The molecule has 0 atom stereocenters. The summed E-state index contributed by atoms with van der Waals surface area (Å²) in [5.74, 6) is 2.02. The molecule has 4 rings (SSSR count). The first kappa shape index (κ1) is 21.6. The number of ether oxygens (including phenoxy) is 1. The zero-order chi connectivity index (χ0) is 20.9. The van der Waals surface area contributed by atoms with Gasteiger partial charge < -0.3 is 21.1 Å². The normalized spacial score (nSPS) is 22.6. The number of pyridine rings is 1. The van der Waals surface area contributed by atoms with E-state index in [2.05, 4.69) is 20.6 Å². The standard InChI is InChI=1S/C21H28Cl2N6O/c22-17-11-26-18(28-15-3-1-14(24)2-4-15)9-16(17)20-21(23)27-12-19(29-20)25-10-13-5-7-30-8-6-13/h9,11-15H,1-8,10,24H2,(H,25,29)(H,26,28). The third kappa shape index (κ3) is 5.52. The zero-order valence-electron chi connectivity index (χ0n) is 16.9. The third-order valence-corrected chi connectivity index (χ3v) is 6.45. The van der Waals surface area contributed by atoms with Crippen molar-refractivity contribution in [2.45, 2.75) is 50.6 Å². The highest BCUT2D eigenvalue weighted by Gasteiger charge is 2.20. The van der Waals surface area contributed by atoms with Crippen molar-refractivity contribution in [3.8, 4) is 11.3 Å². The molecule has 0 unspecified atom stereocenters. The Balaban J connectivity index is 1.49. The Morgan fingerprint density at radius 1 is 1.00 bits per heavy atom. The van der Waals surface area contributed by atoms with Crippen molar-refractivity contribution in [1.82, 2.24) is 15.0 Å². The molecule has 0 spiro atoms. The number of aromatic nitrogens is 3. The van der Waals surface area contributed by atoms with Gasteiger partial charge in [0, 0.05) is 43.6 Å². The van der Waals surface area contributed by atoms with Crippen LogP contribution in [0.4, 0.5) is 11.6 Å². The Hall–Kier alpha value is -1.67. The van der Waals surface area contributed by atoms with Crippen molar-refractivity contribution >= 4 is 34.8 Å². The van der Waals surface area contributed by atoms with E-state index >= 15 is 0 Å². The highest BCUT2D eigenvalue weighted by atomic mass is 35.5. The Morgan fingerprint density at radius 2 is 1.77 bits per heavy atom. The maximum atomic E-state index is 6.45. The van der Waals surface area contributed by atoms with E-state index < -0.39 is 0 Å². The van der Waals surface area contributed by atoms with Crippen molar-refractivity contribution in [2.24, 2.45) is 11.7 Å². The summed E-state index contributed by atoms with van der Waals surface area (Å²) in [5.41, 5.74) is 7.28. The summed E-state index contributed by atoms with van der Waals surface area (Å²) in [6.07, 6.45) is 9.52. The quantitative estimate of drug-likeness (QED) is 0.600. The number of rotatable bonds is 6. The van der Waals surface area contributed by atoms with Crippen LogP contribution < -0.4 is 16.4 Å². The topological polar surface area (TPSA) is 98.0 Å². The first-order valence-corrected chi connectivity index (χ1v) is 11.4. The van der Waals surface area contributed by atoms with Crippen LogP contribution in [0.25, 0.3) is 11.3 Å². The van der Waals surface area contributed by atoms with E-state index in [-0.39, 0.29) is 0 Å². The first-order valence-electron chi connectivity index (χ1n) is 10.6. The van der Waals surface area contributed by atoms with Crippen LogP contribution in [0.1, 0.15) is 38.5 Å². The van der Waals surface area contributed by atoms with Gasteiger partial charge in [0.25, 0.3) is 0 Å². The number of halogens is 2. The zero-order valence-corrected chi connectivity index (χ0v) is 18.4. The number of nitrogens with two attached hydrogens (primary N) is 1. The molecule has 2 fully saturated rings. The second kappa shape index (κ2) is 10.1. The lowest BCUT2D eigenvalue weighted by Crippen LogP contribution is -2.33. The molecule has 0 bridgehead atoms. The molecule has 1 aliphatic carbocycles. The van der Waals surface area contributed by atoms with Crippen molar-refractivity contribution in [2.75, 3.05) is 30.4 Å². The van der Waals surface area contributed by atoms with Crippen molar-refractivity contribution in [3.05, 3.63) is 28.6 Å². The lowest BCUT2D eigenvalue weighted by Gasteiger charge is -2.27. The van der Waals surface area contributed by atoms with Crippen LogP contribution in [-0.4, -0.2) is 46.8 Å². The molecule has 2 aromatic heterocycles. The Kier molecular flexibility index (Phi) is 7.25. The second-order valence-corrected chi connectivity index (χ2v) is 8.90. The summed E-state index contributed by atoms with van der Waals surface area (Å²) >= 11 is 12.8. The Bertz CT molecular complexity index is 853. The third-order valence-electron chi connectivity index (χ3n) is 5.87. The molecule has 4 N–H and O–H groups in total. The van der Waals surface area contributed by atoms with Gasteiger partial charge in [-0.15, -0.1) is 0 Å². The second-order valence-electron chi connectivity index (χ2n) is 8.14. The van der Waals surface area contributed by atoms with E-state index in [4.69, 9.17) is 38.7 Å². The van der Waals surface area contributed by atoms with Gasteiger partial charge in [-0.3, -0.25) is 0 Å². The van der Waals surface area contributed by atoms with Crippen LogP contribution in [0.15, 0.2) is 18.5 Å². The molecule has 0 radical (unpaired) electrons. The van der Waals surface area contributed by atoms with Gasteiger partial charge in [0.2, 0.25) is 0 Å². The monoisotopic (exact) mass is 450 g/mol. The summed E-state index contributed by atoms with van der Waals surface area (Å²) < 4.78 is 5.42. The molecule has 1 aliphatic heterocycles. The highest BCUT2D eigenvalue weighted by molar-refractivity contribution is 6.35. The number of nitrogens with one attached hydrogen (secondary N) is 2. The minimum atomic E-state index is 0.308. The van der Waals surface area contributed by atoms with Gasteiger partial charge in [-0.25, -0.2) is 15.0 Å². The van der Waals surface area contributed by atoms with Crippen LogP contribution in [0.3, 0.4) is 0 Å². The minimum absolute atomic E-state index is 0.308. The lowest BCUT2D eigenvalue weighted by atomic mass is 9.92. The van der Waals surface area contributed by atoms with Gasteiger partial charge in [0.1, 0.15) is 17.3 Å². The van der Waals surface area contributed by atoms with E-state index in [1.165, 1.54) is 0 Å². The molecular formula is C21H28Cl2N6O. The Morgan fingerprint density at radius 3 is 2.53 bits per heavy atom. The molecule has 1 saturated carbocycles. The van der Waals surface area contributed by atoms with Crippen molar-refractivity contribution in [3.63, 3.8) is 0 Å². The van der Waals surface area contributed by atoms with E-state index in [0.717, 1.165) is 64.1 Å². The summed E-state index contributed by atoms with van der Waals surface area (Å²) in [7, 11) is 0. The van der Waals surface area contributed by atoms with E-state index in [1.807, 2.05) is 6.07 Å². The predicted octanol–water partition coefficient (Wildman–Crippen LogP) is 4.37. The predicted molar refractivity (Wildman–Crippen MR) is 121 cm³/mol. The van der Waals surface area contributed by atoms with Crippen molar-refractivity contribution < 1.29 is 4.74 Å². The molecule has 9 heteroatoms. The first-order chi connectivity index (χ1) is 14.6. The number of hydrogen-bond acceptors (Lipinski definition) is 7. The van der Waals surface area contributed by atoms with Gasteiger partial charge >= 0.3 is 0 Å². The molecular weight excluding hydrogens is 423 g/mol. The van der Waals surface area contributed by atoms with Crippen LogP contribution in [-0.2, 0) is 4.74 Å². The fraction of sp³-hybridized carbons (Fsp3) is 0.571. The van der Waals surface area contributed by atoms with Gasteiger partial charge in [-0.05, 0) is 50.5 Å². The molecule has 30 heavy (non-hydrogen) atoms. The number of hydrogen-bond donors (Lipinski definition) is 3. The average Bonchev–Trinajstić information content (AvgIpc) is 2.77. The summed E-state index contributed by atoms with van der Waals surface area (Å²) in [4.78, 5) is 13.4. The van der Waals surface area contributed by atoms with Crippen LogP contribution in [0, 0.1) is 5.92 Å². The van der Waals surface area contributed by atoms with E-state index in [9.17, 15) is 0 Å². The fourth-order valence-corrected chi connectivity index (χ4v) is 4.39. The highest BCUT2D eigenvalue weighted by Crippen LogP contribution is 2.33. The molecule has 0 aromatic carbocycles. The summed E-state index contributed by atoms with van der Waals surface area (Å²) in [5, 5.41) is 7.68. The molecule has 3 heterocycles. The molecule has 2 aliphatic rings. The largest absolute Gasteiger partial charge is 0.381 e. The van der Waals surface area contributed by atoms with Gasteiger partial charge in [0.15, 0.2) is 5.15 Å². The Labute approximate surface area is 187 Å². The van der Waals surface area contributed by atoms with Crippen molar-refractivity contribution in [1.29, 1.82) is 0 Å². The molecule has 7 nitrogen and oxygen atoms in total. The molecule has 2 aromatic rings. The number of nitrogens with zero attached hydrogens (tertiary/aromatic N) is 3. The lowest BCUT2D eigenvalue weighted by molar-refractivity contribution is 0.0699.